The summed E-state index contributed by atoms with van der Waals surface area (Å²) in [6.07, 6.45) is -1.20. The van der Waals surface area contributed by atoms with E-state index in [1.807, 2.05) is 25.2 Å². The van der Waals surface area contributed by atoms with E-state index in [0.717, 1.165) is 0 Å². The maximum absolute atomic E-state index is 14.4. The fourth-order valence-electron chi connectivity index (χ4n) is 2.93. The molecule has 2 aromatic heterocycles. The molecule has 150 valence electrons. The highest BCUT2D eigenvalue weighted by Crippen LogP contribution is 2.30. The molecule has 1 aliphatic rings. The van der Waals surface area contributed by atoms with E-state index in [-0.39, 0.29) is 23.0 Å². The third-order valence-corrected chi connectivity index (χ3v) is 4.71. The first kappa shape index (κ1) is 20.0. The molecule has 1 saturated heterocycles. The highest BCUT2D eigenvalue weighted by atomic mass is 32.1. The number of hydrogen-bond acceptors (Lipinski definition) is 7. The lowest BCUT2D eigenvalue weighted by Crippen LogP contribution is -2.45. The molecule has 2 atom stereocenters. The Morgan fingerprint density at radius 3 is 2.71 bits per heavy atom. The molecule has 0 aromatic carbocycles. The minimum absolute atomic E-state index is 0.0303. The zero-order valence-electron chi connectivity index (χ0n) is 15.3. The van der Waals surface area contributed by atoms with Crippen LogP contribution in [0.3, 0.4) is 0 Å². The topological polar surface area (TPSA) is 117 Å². The third-order valence-electron chi connectivity index (χ3n) is 3.95. The predicted molar refractivity (Wildman–Crippen MR) is 102 cm³/mol. The number of carbonyl (C=O) groups excluding carboxylic acids is 1. The molecule has 0 spiro atoms. The van der Waals surface area contributed by atoms with Gasteiger partial charge >= 0.3 is 6.09 Å². The third kappa shape index (κ3) is 4.93. The largest absolute Gasteiger partial charge is 0.465 e. The number of anilines is 2. The first-order valence-electron chi connectivity index (χ1n) is 8.62. The summed E-state index contributed by atoms with van der Waals surface area (Å²) in [5.74, 6) is 0.0591. The van der Waals surface area contributed by atoms with Gasteiger partial charge in [-0.2, -0.15) is 4.39 Å². The fourth-order valence-corrected chi connectivity index (χ4v) is 3.65. The molecular formula is C17H20FN5O4S. The van der Waals surface area contributed by atoms with E-state index in [2.05, 4.69) is 20.2 Å². The molecule has 3 rings (SSSR count). The van der Waals surface area contributed by atoms with Gasteiger partial charge in [0, 0.05) is 13.1 Å². The van der Waals surface area contributed by atoms with Crippen LogP contribution in [-0.4, -0.2) is 58.9 Å². The Hall–Kier alpha value is -2.79. The molecule has 11 heteroatoms. The van der Waals surface area contributed by atoms with Gasteiger partial charge in [0.1, 0.15) is 18.1 Å². The first-order valence-corrected chi connectivity index (χ1v) is 9.44. The highest BCUT2D eigenvalue weighted by Gasteiger charge is 2.24. The summed E-state index contributed by atoms with van der Waals surface area (Å²) in [6, 6.07) is 5.27. The van der Waals surface area contributed by atoms with Crippen LogP contribution in [0.25, 0.3) is 11.4 Å². The van der Waals surface area contributed by atoms with Crippen LogP contribution in [0.2, 0.25) is 0 Å². The number of rotatable bonds is 5. The van der Waals surface area contributed by atoms with Crippen molar-refractivity contribution in [2.45, 2.75) is 26.1 Å². The lowest BCUT2D eigenvalue weighted by Gasteiger charge is -2.36. The minimum atomic E-state index is -1.33. The molecule has 0 radical (unpaired) electrons. The van der Waals surface area contributed by atoms with Crippen molar-refractivity contribution in [1.29, 1.82) is 0 Å². The summed E-state index contributed by atoms with van der Waals surface area (Å²) in [6.45, 7) is 4.88. The second-order valence-electron chi connectivity index (χ2n) is 6.39. The van der Waals surface area contributed by atoms with Crippen molar-refractivity contribution < 1.29 is 23.8 Å². The first-order chi connectivity index (χ1) is 13.3. The number of hydrogen-bond donors (Lipinski definition) is 3. The lowest BCUT2D eigenvalue weighted by atomic mass is 10.2. The number of thiazole rings is 1. The van der Waals surface area contributed by atoms with Crippen molar-refractivity contribution in [2.75, 3.05) is 29.9 Å². The number of nitrogens with zero attached hydrogens (tertiary/aromatic N) is 3. The van der Waals surface area contributed by atoms with Gasteiger partial charge in [-0.05, 0) is 26.0 Å². The second kappa shape index (κ2) is 8.48. The van der Waals surface area contributed by atoms with E-state index < -0.39 is 23.7 Å². The number of pyridine rings is 1. The van der Waals surface area contributed by atoms with Crippen LogP contribution in [0, 0.1) is 5.13 Å². The summed E-state index contributed by atoms with van der Waals surface area (Å²) in [4.78, 5) is 32.8. The highest BCUT2D eigenvalue weighted by molar-refractivity contribution is 7.14. The number of ether oxygens (including phenoxy) is 1. The molecule has 0 saturated carbocycles. The quantitative estimate of drug-likeness (QED) is 0.693. The van der Waals surface area contributed by atoms with E-state index in [9.17, 15) is 14.0 Å². The van der Waals surface area contributed by atoms with Gasteiger partial charge < -0.3 is 25.4 Å². The summed E-state index contributed by atoms with van der Waals surface area (Å²) >= 11 is 0.655. The van der Waals surface area contributed by atoms with E-state index in [1.54, 1.807) is 12.1 Å². The lowest BCUT2D eigenvalue weighted by molar-refractivity contribution is -0.115. The maximum Gasteiger partial charge on any atom is 0.405 e. The second-order valence-corrected chi connectivity index (χ2v) is 7.34. The molecule has 9 nitrogen and oxygen atoms in total. The average Bonchev–Trinajstić information content (AvgIpc) is 2.99. The van der Waals surface area contributed by atoms with Gasteiger partial charge in [0.25, 0.3) is 0 Å². The van der Waals surface area contributed by atoms with E-state index >= 15 is 0 Å². The van der Waals surface area contributed by atoms with Crippen LogP contribution in [-0.2, 0) is 9.53 Å². The SMILES string of the molecule is CC1CN(c2cccc(-c3nc(NC(=O)CNC(=O)O)sc3F)n2)CC(C)O1. The van der Waals surface area contributed by atoms with Crippen LogP contribution in [0.1, 0.15) is 13.8 Å². The zero-order valence-corrected chi connectivity index (χ0v) is 16.1. The predicted octanol–water partition coefficient (Wildman–Crippen LogP) is 2.16. The van der Waals surface area contributed by atoms with Gasteiger partial charge in [-0.25, -0.2) is 14.8 Å². The molecule has 2 unspecified atom stereocenters. The Balaban J connectivity index is 1.76. The monoisotopic (exact) mass is 409 g/mol. The van der Waals surface area contributed by atoms with Gasteiger partial charge in [0.05, 0.1) is 17.9 Å². The van der Waals surface area contributed by atoms with Crippen LogP contribution in [0.5, 0.6) is 0 Å². The van der Waals surface area contributed by atoms with E-state index in [0.29, 0.717) is 35.9 Å². The fraction of sp³-hybridized carbons (Fsp3) is 0.412. The molecular weight excluding hydrogens is 389 g/mol. The summed E-state index contributed by atoms with van der Waals surface area (Å²) in [5.41, 5.74) is 0.380. The maximum atomic E-state index is 14.4. The molecule has 1 fully saturated rings. The number of carboxylic acid groups (broad SMARTS) is 1. The van der Waals surface area contributed by atoms with Crippen molar-refractivity contribution >= 4 is 34.3 Å². The van der Waals surface area contributed by atoms with Crippen LogP contribution in [0.4, 0.5) is 20.1 Å². The summed E-state index contributed by atoms with van der Waals surface area (Å²) < 4.78 is 20.1. The number of morpholine rings is 1. The van der Waals surface area contributed by atoms with Crippen LogP contribution in [0.15, 0.2) is 18.2 Å². The van der Waals surface area contributed by atoms with Gasteiger partial charge in [-0.1, -0.05) is 17.4 Å². The van der Waals surface area contributed by atoms with Crippen LogP contribution >= 0.6 is 11.3 Å². The normalized spacial score (nSPS) is 19.3. The Morgan fingerprint density at radius 1 is 1.32 bits per heavy atom. The zero-order chi connectivity index (χ0) is 20.3. The van der Waals surface area contributed by atoms with Crippen molar-refractivity contribution in [3.8, 4) is 11.4 Å². The standard InChI is InChI=1S/C17H20FN5O4S/c1-9-7-23(8-10(2)27-9)12-5-3-4-11(20-12)14-15(18)28-16(22-14)21-13(24)6-19-17(25)26/h3-5,9-10,19H,6-8H2,1-2H3,(H,25,26)(H,21,22,24). The number of amides is 2. The Kier molecular flexibility index (Phi) is 6.05. The molecule has 3 N–H and O–H groups in total. The Labute approximate surface area is 164 Å². The van der Waals surface area contributed by atoms with E-state index in [4.69, 9.17) is 9.84 Å². The summed E-state index contributed by atoms with van der Waals surface area (Å²) in [5, 5.41) is 12.2. The molecule has 2 aromatic rings. The van der Waals surface area contributed by atoms with Crippen molar-refractivity contribution in [3.63, 3.8) is 0 Å². The van der Waals surface area contributed by atoms with Crippen molar-refractivity contribution in [3.05, 3.63) is 23.3 Å². The molecule has 0 aliphatic carbocycles. The number of carbonyl (C=O) groups is 2. The van der Waals surface area contributed by atoms with Crippen molar-refractivity contribution in [2.24, 2.45) is 0 Å². The average molecular weight is 409 g/mol. The smallest absolute Gasteiger partial charge is 0.405 e. The van der Waals surface area contributed by atoms with Gasteiger partial charge in [-0.3, -0.25) is 4.79 Å². The number of aromatic nitrogens is 2. The van der Waals surface area contributed by atoms with Gasteiger partial charge in [0.15, 0.2) is 5.13 Å². The van der Waals surface area contributed by atoms with E-state index in [1.165, 1.54) is 0 Å². The van der Waals surface area contributed by atoms with Gasteiger partial charge in [0.2, 0.25) is 11.0 Å². The molecule has 1 aliphatic heterocycles. The molecule has 3 heterocycles. The molecule has 2 amide bonds. The summed E-state index contributed by atoms with van der Waals surface area (Å²) in [7, 11) is 0. The Morgan fingerprint density at radius 2 is 2.04 bits per heavy atom. The molecule has 0 bridgehead atoms. The Bertz CT molecular complexity index is 867. The molecule has 28 heavy (non-hydrogen) atoms. The number of halogens is 1. The number of nitrogens with one attached hydrogen (secondary N) is 2. The van der Waals surface area contributed by atoms with Crippen molar-refractivity contribution in [1.82, 2.24) is 15.3 Å². The van der Waals surface area contributed by atoms with Crippen LogP contribution < -0.4 is 15.5 Å². The minimum Gasteiger partial charge on any atom is -0.465 e. The van der Waals surface area contributed by atoms with Gasteiger partial charge in [-0.15, -0.1) is 0 Å².